The summed E-state index contributed by atoms with van der Waals surface area (Å²) in [5.41, 5.74) is 8.41. The summed E-state index contributed by atoms with van der Waals surface area (Å²) in [5, 5.41) is 1.15. The molecule has 0 aliphatic rings. The van der Waals surface area contributed by atoms with Crippen LogP contribution in [-0.2, 0) is 0 Å². The number of hydrogen-bond acceptors (Lipinski definition) is 2. The Morgan fingerprint density at radius 3 is 2.53 bits per heavy atom. The predicted octanol–water partition coefficient (Wildman–Crippen LogP) is 0.136. The van der Waals surface area contributed by atoms with E-state index >= 15 is 0 Å². The average molecular weight is 279 g/mol. The Labute approximate surface area is 117 Å². The zero-order valence-electron chi connectivity index (χ0n) is 11.3. The number of carbonyl (C=O) groups is 1. The summed E-state index contributed by atoms with van der Waals surface area (Å²) in [6.07, 6.45) is 0. The van der Waals surface area contributed by atoms with Crippen LogP contribution in [0.2, 0.25) is 0 Å². The monoisotopic (exact) mass is 279 g/mol. The number of carbonyl (C=O) groups excluding carboxylic acids is 1. The Morgan fingerprint density at radius 1 is 1.21 bits per heavy atom. The first-order chi connectivity index (χ1) is 9.15. The van der Waals surface area contributed by atoms with Crippen molar-refractivity contribution in [2.24, 2.45) is 0 Å². The van der Waals surface area contributed by atoms with Gasteiger partial charge in [0.1, 0.15) is 0 Å². The smallest absolute Gasteiger partial charge is 0.254 e. The zero-order chi connectivity index (χ0) is 13.8. The van der Waals surface area contributed by atoms with E-state index in [9.17, 15) is 4.79 Å². The maximum atomic E-state index is 12.4. The van der Waals surface area contributed by atoms with Crippen molar-refractivity contribution in [2.75, 3.05) is 26.2 Å². The molecule has 5 heteroatoms. The molecule has 2 rings (SSSR count). The molecule has 1 heterocycles. The number of thiophene rings is 1. The van der Waals surface area contributed by atoms with Crippen LogP contribution in [0.5, 0.6) is 0 Å². The minimum Gasteiger partial charge on any atom is -0.356 e. The molecule has 0 radical (unpaired) electrons. The third-order valence-corrected chi connectivity index (χ3v) is 4.06. The lowest BCUT2D eigenvalue weighted by Crippen LogP contribution is -2.59. The number of amides is 1. The van der Waals surface area contributed by atoms with E-state index in [1.807, 2.05) is 23.1 Å². The molecule has 1 amide bonds. The number of rotatable bonds is 5. The molecule has 0 atom stereocenters. The molecule has 0 spiro atoms. The van der Waals surface area contributed by atoms with Gasteiger partial charge in [-0.25, -0.2) is 0 Å². The lowest BCUT2D eigenvalue weighted by molar-refractivity contribution is -0.376. The molecule has 102 valence electrons. The summed E-state index contributed by atoms with van der Waals surface area (Å²) >= 11 is 1.76. The van der Waals surface area contributed by atoms with Crippen molar-refractivity contribution >= 4 is 27.3 Å². The van der Waals surface area contributed by atoms with Gasteiger partial charge in [0.15, 0.2) is 0 Å². The van der Waals surface area contributed by atoms with Gasteiger partial charge in [-0.05, 0) is 36.6 Å². The molecule has 1 aromatic heterocycles. The van der Waals surface area contributed by atoms with Crippen molar-refractivity contribution in [3.05, 3.63) is 34.7 Å². The Hall–Kier alpha value is -1.43. The number of fused-ring (bicyclic) bond motifs is 1. The van der Waals surface area contributed by atoms with E-state index in [0.717, 1.165) is 24.0 Å². The third-order valence-electron chi connectivity index (χ3n) is 3.03. The van der Waals surface area contributed by atoms with Gasteiger partial charge in [-0.2, -0.15) is 0 Å². The zero-order valence-corrected chi connectivity index (χ0v) is 12.1. The predicted molar refractivity (Wildman–Crippen MR) is 78.0 cm³/mol. The minimum absolute atomic E-state index is 0.0815. The van der Waals surface area contributed by atoms with Crippen LogP contribution >= 0.6 is 11.3 Å². The number of quaternary nitrogens is 2. The molecule has 4 nitrogen and oxygen atoms in total. The average Bonchev–Trinajstić information content (AvgIpc) is 2.76. The lowest BCUT2D eigenvalue weighted by atomic mass is 10.1. The van der Waals surface area contributed by atoms with E-state index in [1.54, 1.807) is 11.3 Å². The maximum Gasteiger partial charge on any atom is 0.254 e. The van der Waals surface area contributed by atoms with Crippen LogP contribution in [-0.4, -0.2) is 37.0 Å². The molecule has 0 saturated heterocycles. The van der Waals surface area contributed by atoms with Crippen molar-refractivity contribution in [3.63, 3.8) is 0 Å². The number of aryl methyl sites for hydroxylation is 1. The van der Waals surface area contributed by atoms with Crippen LogP contribution in [0.3, 0.4) is 0 Å². The summed E-state index contributed by atoms with van der Waals surface area (Å²) in [6, 6.07) is 8.07. The topological polar surface area (TPSA) is 75.6 Å². The molecule has 0 unspecified atom stereocenters. The quantitative estimate of drug-likeness (QED) is 0.802. The van der Waals surface area contributed by atoms with E-state index in [-0.39, 0.29) is 5.91 Å². The number of benzene rings is 1. The van der Waals surface area contributed by atoms with Gasteiger partial charge in [0.05, 0.1) is 26.2 Å². The summed E-state index contributed by atoms with van der Waals surface area (Å²) in [4.78, 5) is 15.6. The highest BCUT2D eigenvalue weighted by atomic mass is 32.1. The molecule has 1 aromatic carbocycles. The second-order valence-corrected chi connectivity index (χ2v) is 5.90. The van der Waals surface area contributed by atoms with Crippen LogP contribution in [0.4, 0.5) is 0 Å². The van der Waals surface area contributed by atoms with Crippen LogP contribution in [0, 0.1) is 6.92 Å². The Bertz CT molecular complexity index is 573. The molecule has 2 aromatic rings. The first kappa shape index (κ1) is 14.0. The Kier molecular flexibility index (Phi) is 4.52. The van der Waals surface area contributed by atoms with Gasteiger partial charge in [-0.1, -0.05) is 0 Å². The van der Waals surface area contributed by atoms with Crippen molar-refractivity contribution in [3.8, 4) is 0 Å². The highest BCUT2D eigenvalue weighted by molar-refractivity contribution is 7.19. The van der Waals surface area contributed by atoms with E-state index in [1.165, 1.54) is 9.58 Å². The fourth-order valence-electron chi connectivity index (χ4n) is 2.19. The van der Waals surface area contributed by atoms with Gasteiger partial charge in [0.25, 0.3) is 5.91 Å². The van der Waals surface area contributed by atoms with Crippen LogP contribution in [0.15, 0.2) is 24.3 Å². The van der Waals surface area contributed by atoms with Crippen molar-refractivity contribution < 1.29 is 16.3 Å². The van der Waals surface area contributed by atoms with Gasteiger partial charge in [-0.3, -0.25) is 4.79 Å². The molecule has 0 fully saturated rings. The van der Waals surface area contributed by atoms with Crippen molar-refractivity contribution in [2.45, 2.75) is 6.92 Å². The van der Waals surface area contributed by atoms with E-state index in [2.05, 4.69) is 24.5 Å². The largest absolute Gasteiger partial charge is 0.356 e. The van der Waals surface area contributed by atoms with Crippen LogP contribution in [0.1, 0.15) is 15.2 Å². The summed E-state index contributed by atoms with van der Waals surface area (Å²) < 4.78 is 1.23. The highest BCUT2D eigenvalue weighted by Gasteiger charge is 2.16. The molecule has 0 aliphatic heterocycles. The summed E-state index contributed by atoms with van der Waals surface area (Å²) in [5.74, 6) is 0.0815. The molecule has 0 bridgehead atoms. The number of nitrogens with zero attached hydrogens (tertiary/aromatic N) is 1. The first-order valence-electron chi connectivity index (χ1n) is 6.53. The second-order valence-electron chi connectivity index (χ2n) is 4.61. The Balaban J connectivity index is 2.28. The molecular weight excluding hydrogens is 258 g/mol. The second kappa shape index (κ2) is 6.14. The normalized spacial score (nSPS) is 10.9. The third kappa shape index (κ3) is 3.12. The summed E-state index contributed by atoms with van der Waals surface area (Å²) in [7, 11) is 0. The molecule has 6 N–H and O–H groups in total. The van der Waals surface area contributed by atoms with E-state index in [0.29, 0.717) is 13.1 Å². The number of hydrogen-bond donors (Lipinski definition) is 2. The molecular formula is C14H21N3OS+2. The van der Waals surface area contributed by atoms with E-state index in [4.69, 9.17) is 0 Å². The van der Waals surface area contributed by atoms with Gasteiger partial charge in [-0.15, -0.1) is 11.3 Å². The summed E-state index contributed by atoms with van der Waals surface area (Å²) in [6.45, 7) is 4.92. The van der Waals surface area contributed by atoms with Crippen LogP contribution < -0.4 is 11.5 Å². The van der Waals surface area contributed by atoms with E-state index < -0.39 is 0 Å². The van der Waals surface area contributed by atoms with Gasteiger partial charge < -0.3 is 16.4 Å². The molecule has 0 aliphatic carbocycles. The molecule has 0 saturated carbocycles. The van der Waals surface area contributed by atoms with Crippen molar-refractivity contribution in [1.29, 1.82) is 0 Å². The molecule has 19 heavy (non-hydrogen) atoms. The maximum absolute atomic E-state index is 12.4. The SMILES string of the molecule is Cc1cc2cc(C(=O)N(CC[NH3+])CC[NH3+])ccc2s1. The first-order valence-corrected chi connectivity index (χ1v) is 7.35. The lowest BCUT2D eigenvalue weighted by Gasteiger charge is -2.19. The van der Waals surface area contributed by atoms with Gasteiger partial charge in [0.2, 0.25) is 0 Å². The van der Waals surface area contributed by atoms with Crippen LogP contribution in [0.25, 0.3) is 10.1 Å². The standard InChI is InChI=1S/C14H19N3OS/c1-10-8-12-9-11(2-3-13(12)19-10)14(18)17(6-4-15)7-5-16/h2-3,8-9H,4-7,15-16H2,1H3/p+2. The highest BCUT2D eigenvalue weighted by Crippen LogP contribution is 2.26. The van der Waals surface area contributed by atoms with Gasteiger partial charge in [0, 0.05) is 15.1 Å². The fourth-order valence-corrected chi connectivity index (χ4v) is 3.09. The Morgan fingerprint density at radius 2 is 1.89 bits per heavy atom. The minimum atomic E-state index is 0.0815. The van der Waals surface area contributed by atoms with Gasteiger partial charge >= 0.3 is 0 Å². The van der Waals surface area contributed by atoms with Crippen molar-refractivity contribution in [1.82, 2.24) is 4.90 Å². The fraction of sp³-hybridized carbons (Fsp3) is 0.357.